The quantitative estimate of drug-likeness (QED) is 0.0847. The molecule has 5 rings (SSSR count). The maximum atomic E-state index is 10.3. The second-order valence-electron chi connectivity index (χ2n) is 11.9. The van der Waals surface area contributed by atoms with Crippen LogP contribution in [0.5, 0.6) is 17.2 Å². The Morgan fingerprint density at radius 2 is 1.45 bits per heavy atom. The highest BCUT2D eigenvalue weighted by Gasteiger charge is 2.13. The van der Waals surface area contributed by atoms with Gasteiger partial charge in [0.15, 0.2) is 0 Å². The summed E-state index contributed by atoms with van der Waals surface area (Å²) in [5, 5.41) is 44.1. The molecule has 10 heteroatoms. The van der Waals surface area contributed by atoms with Crippen molar-refractivity contribution in [3.8, 4) is 40.5 Å². The lowest BCUT2D eigenvalue weighted by molar-refractivity contribution is 0.282. The Balaban J connectivity index is 1.28. The standard InChI is InChI=1S/C41H41N5O5/c1-29-16-30(22-44-12-14-47)8-11-40(29)50-26-31-4-2-5-34(18-31)38-7-3-6-36(39(38)21-43)28-49-37-10-9-35(25-45-13-15-48)41(19-37)51-27-33-17-32(20-42)23-46-24-33/h2-11,16-19,23-24,44-45,47-48H,12-15,22,25-28H2,1H3. The van der Waals surface area contributed by atoms with E-state index in [1.54, 1.807) is 18.3 Å². The van der Waals surface area contributed by atoms with E-state index < -0.39 is 0 Å². The van der Waals surface area contributed by atoms with Crippen LogP contribution in [0.1, 0.15) is 44.5 Å². The zero-order chi connectivity index (χ0) is 35.8. The molecule has 0 aliphatic carbocycles. The summed E-state index contributed by atoms with van der Waals surface area (Å²) in [4.78, 5) is 4.11. The van der Waals surface area contributed by atoms with Crippen molar-refractivity contribution in [2.75, 3.05) is 26.3 Å². The Hall–Kier alpha value is -5.75. The first kappa shape index (κ1) is 36.5. The smallest absolute Gasteiger partial charge is 0.127 e. The van der Waals surface area contributed by atoms with Crippen LogP contribution in [0.15, 0.2) is 97.3 Å². The fourth-order valence-corrected chi connectivity index (χ4v) is 5.53. The number of hydrogen-bond donors (Lipinski definition) is 4. The molecule has 0 saturated heterocycles. The topological polar surface area (TPSA) is 153 Å². The second kappa shape index (κ2) is 18.9. The second-order valence-corrected chi connectivity index (χ2v) is 11.9. The number of aromatic nitrogens is 1. The zero-order valence-corrected chi connectivity index (χ0v) is 28.6. The molecule has 0 aliphatic rings. The number of aryl methyl sites for hydroxylation is 1. The molecule has 0 atom stereocenters. The lowest BCUT2D eigenvalue weighted by atomic mass is 9.95. The summed E-state index contributed by atoms with van der Waals surface area (Å²) >= 11 is 0. The van der Waals surface area contributed by atoms with Gasteiger partial charge in [0.2, 0.25) is 0 Å². The van der Waals surface area contributed by atoms with Gasteiger partial charge >= 0.3 is 0 Å². The van der Waals surface area contributed by atoms with E-state index in [9.17, 15) is 15.6 Å². The molecule has 51 heavy (non-hydrogen) atoms. The Bertz CT molecular complexity index is 2000. The number of benzene rings is 4. The molecular formula is C41H41N5O5. The summed E-state index contributed by atoms with van der Waals surface area (Å²) in [7, 11) is 0. The van der Waals surface area contributed by atoms with Crippen LogP contribution < -0.4 is 24.8 Å². The minimum absolute atomic E-state index is 0.0163. The van der Waals surface area contributed by atoms with E-state index in [1.165, 1.54) is 6.20 Å². The number of nitriles is 2. The predicted octanol–water partition coefficient (Wildman–Crippen LogP) is 5.70. The van der Waals surface area contributed by atoms with Gasteiger partial charge in [0.05, 0.1) is 24.3 Å². The van der Waals surface area contributed by atoms with Crippen LogP contribution in [-0.4, -0.2) is 41.5 Å². The van der Waals surface area contributed by atoms with Gasteiger partial charge in [-0.1, -0.05) is 54.6 Å². The first-order valence-electron chi connectivity index (χ1n) is 16.7. The van der Waals surface area contributed by atoms with E-state index in [1.807, 2.05) is 73.7 Å². The molecule has 260 valence electrons. The molecular weight excluding hydrogens is 642 g/mol. The van der Waals surface area contributed by atoms with Crippen LogP contribution in [0.2, 0.25) is 0 Å². The number of aliphatic hydroxyl groups excluding tert-OH is 2. The molecule has 5 aromatic rings. The van der Waals surface area contributed by atoms with Gasteiger partial charge in [-0.05, 0) is 59.0 Å². The minimum Gasteiger partial charge on any atom is -0.489 e. The number of pyridine rings is 1. The van der Waals surface area contributed by atoms with Crippen LogP contribution in [0.3, 0.4) is 0 Å². The highest BCUT2D eigenvalue weighted by atomic mass is 16.5. The molecule has 0 bridgehead atoms. The molecule has 0 saturated carbocycles. The third kappa shape index (κ3) is 10.4. The highest BCUT2D eigenvalue weighted by Crippen LogP contribution is 2.30. The Morgan fingerprint density at radius 1 is 0.667 bits per heavy atom. The Kier molecular flexibility index (Phi) is 13.5. The normalized spacial score (nSPS) is 10.7. The molecule has 1 aromatic heterocycles. The Labute approximate surface area is 298 Å². The van der Waals surface area contributed by atoms with Crippen molar-refractivity contribution in [2.24, 2.45) is 0 Å². The molecule has 0 radical (unpaired) electrons. The molecule has 1 heterocycles. The fraction of sp³-hybridized carbons (Fsp3) is 0.244. The number of hydrogen-bond acceptors (Lipinski definition) is 10. The number of rotatable bonds is 18. The van der Waals surface area contributed by atoms with E-state index in [2.05, 4.69) is 33.8 Å². The van der Waals surface area contributed by atoms with E-state index in [-0.39, 0.29) is 26.4 Å². The van der Waals surface area contributed by atoms with Crippen LogP contribution in [-0.2, 0) is 32.9 Å². The van der Waals surface area contributed by atoms with Crippen molar-refractivity contribution in [3.63, 3.8) is 0 Å². The zero-order valence-electron chi connectivity index (χ0n) is 28.6. The molecule has 4 aromatic carbocycles. The van der Waals surface area contributed by atoms with Crippen molar-refractivity contribution >= 4 is 0 Å². The molecule has 0 spiro atoms. The van der Waals surface area contributed by atoms with Crippen LogP contribution in [0, 0.1) is 29.6 Å². The molecule has 0 unspecified atom stereocenters. The van der Waals surface area contributed by atoms with E-state index in [0.29, 0.717) is 55.4 Å². The van der Waals surface area contributed by atoms with E-state index in [0.717, 1.165) is 50.3 Å². The average Bonchev–Trinajstić information content (AvgIpc) is 3.16. The monoisotopic (exact) mass is 683 g/mol. The van der Waals surface area contributed by atoms with Gasteiger partial charge in [-0.3, -0.25) is 4.98 Å². The summed E-state index contributed by atoms with van der Waals surface area (Å²) in [5.74, 6) is 1.96. The predicted molar refractivity (Wildman–Crippen MR) is 194 cm³/mol. The summed E-state index contributed by atoms with van der Waals surface area (Å²) in [6.07, 6.45) is 3.16. The number of nitrogens with one attached hydrogen (secondary N) is 2. The largest absolute Gasteiger partial charge is 0.489 e. The van der Waals surface area contributed by atoms with Crippen LogP contribution in [0.25, 0.3) is 11.1 Å². The van der Waals surface area contributed by atoms with Gasteiger partial charge in [0.1, 0.15) is 49.2 Å². The van der Waals surface area contributed by atoms with Crippen LogP contribution in [0.4, 0.5) is 0 Å². The molecule has 0 amide bonds. The number of ether oxygens (including phenoxy) is 3. The summed E-state index contributed by atoms with van der Waals surface area (Å²) in [6, 6.07) is 31.6. The van der Waals surface area contributed by atoms with Crippen molar-refractivity contribution in [3.05, 3.63) is 142 Å². The summed E-state index contributed by atoms with van der Waals surface area (Å²) < 4.78 is 18.5. The molecule has 10 nitrogen and oxygen atoms in total. The van der Waals surface area contributed by atoms with Gasteiger partial charge in [-0.2, -0.15) is 10.5 Å². The van der Waals surface area contributed by atoms with E-state index in [4.69, 9.17) is 19.3 Å². The summed E-state index contributed by atoms with van der Waals surface area (Å²) in [5.41, 5.74) is 8.20. The van der Waals surface area contributed by atoms with Gasteiger partial charge in [0, 0.05) is 61.3 Å². The summed E-state index contributed by atoms with van der Waals surface area (Å²) in [6.45, 7) is 5.03. The molecule has 0 fully saturated rings. The van der Waals surface area contributed by atoms with Gasteiger partial charge in [-0.25, -0.2) is 0 Å². The highest BCUT2D eigenvalue weighted by molar-refractivity contribution is 5.72. The lowest BCUT2D eigenvalue weighted by Crippen LogP contribution is -2.18. The third-order valence-corrected chi connectivity index (χ3v) is 8.11. The molecule has 4 N–H and O–H groups in total. The first-order chi connectivity index (χ1) is 25.0. The SMILES string of the molecule is Cc1cc(CNCCO)ccc1OCc1cccc(-c2cccc(COc3ccc(CNCCO)c(OCc4cncc(C#N)c4)c3)c2C#N)c1. The van der Waals surface area contributed by atoms with E-state index >= 15 is 0 Å². The van der Waals surface area contributed by atoms with Gasteiger partial charge in [-0.15, -0.1) is 0 Å². The third-order valence-electron chi connectivity index (χ3n) is 8.11. The maximum absolute atomic E-state index is 10.3. The van der Waals surface area contributed by atoms with Gasteiger partial charge < -0.3 is 35.1 Å². The fourth-order valence-electron chi connectivity index (χ4n) is 5.53. The van der Waals surface area contributed by atoms with Crippen LogP contribution >= 0.6 is 0 Å². The number of nitrogens with zero attached hydrogens (tertiary/aromatic N) is 3. The lowest BCUT2D eigenvalue weighted by Gasteiger charge is -2.16. The first-order valence-corrected chi connectivity index (χ1v) is 16.7. The molecule has 0 aliphatic heterocycles. The number of aliphatic hydroxyl groups is 2. The average molecular weight is 684 g/mol. The van der Waals surface area contributed by atoms with Crippen molar-refractivity contribution in [2.45, 2.75) is 39.8 Å². The van der Waals surface area contributed by atoms with Crippen molar-refractivity contribution in [1.29, 1.82) is 10.5 Å². The van der Waals surface area contributed by atoms with Gasteiger partial charge in [0.25, 0.3) is 0 Å². The van der Waals surface area contributed by atoms with Crippen molar-refractivity contribution in [1.82, 2.24) is 15.6 Å². The maximum Gasteiger partial charge on any atom is 0.127 e. The van der Waals surface area contributed by atoms with Crippen molar-refractivity contribution < 1.29 is 24.4 Å². The minimum atomic E-state index is 0.0163. The Morgan fingerprint density at radius 3 is 2.24 bits per heavy atom.